The number of nitrogens with one attached hydrogen (secondary N) is 1. The minimum Gasteiger partial charge on any atom is -0.494 e. The average Bonchev–Trinajstić information content (AvgIpc) is 2.36. The summed E-state index contributed by atoms with van der Waals surface area (Å²) >= 11 is 0. The van der Waals surface area contributed by atoms with Gasteiger partial charge in [-0.05, 0) is 43.0 Å². The van der Waals surface area contributed by atoms with Crippen molar-refractivity contribution in [2.24, 2.45) is 11.8 Å². The second-order valence-electron chi connectivity index (χ2n) is 4.95. The Balaban J connectivity index is 2.80. The molecule has 0 aliphatic rings. The van der Waals surface area contributed by atoms with Crippen LogP contribution in [0.15, 0.2) is 18.2 Å². The fourth-order valence-corrected chi connectivity index (χ4v) is 2.03. The van der Waals surface area contributed by atoms with Crippen LogP contribution >= 0.6 is 0 Å². The average molecular weight is 253 g/mol. The van der Waals surface area contributed by atoms with Crippen LogP contribution in [0.2, 0.25) is 0 Å². The summed E-state index contributed by atoms with van der Waals surface area (Å²) in [6, 6.07) is 5.36. The van der Waals surface area contributed by atoms with Crippen LogP contribution in [-0.4, -0.2) is 20.2 Å². The minimum absolute atomic E-state index is 0.220. The van der Waals surface area contributed by atoms with Gasteiger partial charge in [0.15, 0.2) is 11.6 Å². The fourth-order valence-electron chi connectivity index (χ4n) is 2.03. The Morgan fingerprint density at radius 1 is 1.33 bits per heavy atom. The van der Waals surface area contributed by atoms with Gasteiger partial charge >= 0.3 is 0 Å². The van der Waals surface area contributed by atoms with Crippen LogP contribution in [0.3, 0.4) is 0 Å². The van der Waals surface area contributed by atoms with Gasteiger partial charge in [0.2, 0.25) is 0 Å². The highest BCUT2D eigenvalue weighted by molar-refractivity contribution is 5.31. The van der Waals surface area contributed by atoms with Gasteiger partial charge in [-0.1, -0.05) is 32.9 Å². The van der Waals surface area contributed by atoms with E-state index in [0.717, 1.165) is 25.1 Å². The molecule has 0 spiro atoms. The lowest BCUT2D eigenvalue weighted by molar-refractivity contribution is 0.351. The number of benzene rings is 1. The maximum absolute atomic E-state index is 14.1. The minimum atomic E-state index is -0.220. The summed E-state index contributed by atoms with van der Waals surface area (Å²) in [4.78, 5) is 0. The highest BCUT2D eigenvalue weighted by Crippen LogP contribution is 2.24. The van der Waals surface area contributed by atoms with Crippen LogP contribution in [0.1, 0.15) is 26.3 Å². The molecule has 0 aliphatic heterocycles. The summed E-state index contributed by atoms with van der Waals surface area (Å²) < 4.78 is 19.1. The maximum Gasteiger partial charge on any atom is 0.168 e. The largest absolute Gasteiger partial charge is 0.494 e. The normalized spacial score (nSPS) is 12.8. The van der Waals surface area contributed by atoms with Gasteiger partial charge in [0.1, 0.15) is 0 Å². The molecule has 0 saturated carbocycles. The second-order valence-corrected chi connectivity index (χ2v) is 4.95. The molecule has 1 aromatic carbocycles. The predicted octanol–water partition coefficient (Wildman–Crippen LogP) is 3.26. The third-order valence-electron chi connectivity index (χ3n) is 3.34. The summed E-state index contributed by atoms with van der Waals surface area (Å²) in [5.41, 5.74) is 0.742. The van der Waals surface area contributed by atoms with E-state index in [1.807, 2.05) is 12.1 Å². The molecule has 1 aromatic rings. The number of rotatable bonds is 7. The van der Waals surface area contributed by atoms with Gasteiger partial charge in [-0.25, -0.2) is 4.39 Å². The van der Waals surface area contributed by atoms with E-state index in [-0.39, 0.29) is 5.82 Å². The van der Waals surface area contributed by atoms with Gasteiger partial charge in [0.25, 0.3) is 0 Å². The highest BCUT2D eigenvalue weighted by atomic mass is 19.1. The molecule has 0 radical (unpaired) electrons. The molecule has 18 heavy (non-hydrogen) atoms. The molecule has 0 bridgehead atoms. The lowest BCUT2D eigenvalue weighted by atomic mass is 9.89. The van der Waals surface area contributed by atoms with Crippen molar-refractivity contribution in [3.05, 3.63) is 29.6 Å². The zero-order chi connectivity index (χ0) is 13.5. The van der Waals surface area contributed by atoms with Crippen molar-refractivity contribution in [3.8, 4) is 5.75 Å². The first-order valence-corrected chi connectivity index (χ1v) is 6.62. The Morgan fingerprint density at radius 2 is 2.06 bits per heavy atom. The molecule has 1 rings (SSSR count). The van der Waals surface area contributed by atoms with Crippen molar-refractivity contribution in [1.29, 1.82) is 0 Å². The smallest absolute Gasteiger partial charge is 0.168 e. The summed E-state index contributed by atoms with van der Waals surface area (Å²) in [5.74, 6) is 1.07. The van der Waals surface area contributed by atoms with E-state index in [1.165, 1.54) is 7.11 Å². The van der Waals surface area contributed by atoms with Gasteiger partial charge < -0.3 is 10.1 Å². The molecule has 0 amide bonds. The van der Waals surface area contributed by atoms with E-state index >= 15 is 0 Å². The van der Waals surface area contributed by atoms with E-state index in [4.69, 9.17) is 4.74 Å². The zero-order valence-electron chi connectivity index (χ0n) is 11.8. The summed E-state index contributed by atoms with van der Waals surface area (Å²) in [6.45, 7) is 8.32. The van der Waals surface area contributed by atoms with Crippen LogP contribution in [0.25, 0.3) is 0 Å². The second kappa shape index (κ2) is 7.37. The third-order valence-corrected chi connectivity index (χ3v) is 3.34. The Hall–Kier alpha value is -1.09. The zero-order valence-corrected chi connectivity index (χ0v) is 11.8. The lowest BCUT2D eigenvalue weighted by Gasteiger charge is -2.21. The van der Waals surface area contributed by atoms with Gasteiger partial charge in [-0.15, -0.1) is 0 Å². The molecule has 102 valence electrons. The van der Waals surface area contributed by atoms with Crippen LogP contribution < -0.4 is 10.1 Å². The molecular weight excluding hydrogens is 229 g/mol. The van der Waals surface area contributed by atoms with Gasteiger partial charge in [-0.2, -0.15) is 0 Å². The summed E-state index contributed by atoms with van der Waals surface area (Å²) in [5, 5.41) is 3.34. The Kier molecular flexibility index (Phi) is 6.13. The highest BCUT2D eigenvalue weighted by Gasteiger charge is 2.17. The molecule has 1 N–H and O–H groups in total. The van der Waals surface area contributed by atoms with Crippen molar-refractivity contribution >= 4 is 0 Å². The molecule has 3 heteroatoms. The van der Waals surface area contributed by atoms with Gasteiger partial charge in [0.05, 0.1) is 7.11 Å². The molecule has 0 saturated heterocycles. The quantitative estimate of drug-likeness (QED) is 0.805. The van der Waals surface area contributed by atoms with Crippen LogP contribution in [-0.2, 0) is 6.42 Å². The molecule has 0 fully saturated rings. The Morgan fingerprint density at radius 3 is 2.61 bits per heavy atom. The van der Waals surface area contributed by atoms with Crippen molar-refractivity contribution in [2.45, 2.75) is 27.2 Å². The molecular formula is C15H24FNO. The standard InChI is InChI=1S/C15H24FNO/c1-5-17-10-13(11(2)3)9-12-7-6-8-14(18-4)15(12)16/h6-8,11,13,17H,5,9-10H2,1-4H3. The van der Waals surface area contributed by atoms with E-state index in [9.17, 15) is 4.39 Å². The monoisotopic (exact) mass is 253 g/mol. The first kappa shape index (κ1) is 15.0. The Labute approximate surface area is 110 Å². The van der Waals surface area contributed by atoms with Crippen molar-refractivity contribution in [1.82, 2.24) is 5.32 Å². The SMILES string of the molecule is CCNCC(Cc1cccc(OC)c1F)C(C)C. The van der Waals surface area contributed by atoms with Crippen molar-refractivity contribution in [2.75, 3.05) is 20.2 Å². The van der Waals surface area contributed by atoms with Crippen molar-refractivity contribution in [3.63, 3.8) is 0 Å². The number of halogens is 1. The predicted molar refractivity (Wildman–Crippen MR) is 73.5 cm³/mol. The van der Waals surface area contributed by atoms with Gasteiger partial charge in [0, 0.05) is 0 Å². The van der Waals surface area contributed by atoms with E-state index in [1.54, 1.807) is 6.07 Å². The molecule has 0 heterocycles. The molecule has 1 unspecified atom stereocenters. The lowest BCUT2D eigenvalue weighted by Crippen LogP contribution is -2.27. The molecule has 2 nitrogen and oxygen atoms in total. The van der Waals surface area contributed by atoms with Crippen LogP contribution in [0.5, 0.6) is 5.75 Å². The number of methoxy groups -OCH3 is 1. The first-order valence-electron chi connectivity index (χ1n) is 6.62. The first-order chi connectivity index (χ1) is 8.60. The number of ether oxygens (including phenoxy) is 1. The number of hydrogen-bond donors (Lipinski definition) is 1. The summed E-state index contributed by atoms with van der Waals surface area (Å²) in [6.07, 6.45) is 0.744. The third kappa shape index (κ3) is 3.98. The maximum atomic E-state index is 14.1. The topological polar surface area (TPSA) is 21.3 Å². The fraction of sp³-hybridized carbons (Fsp3) is 0.600. The van der Waals surface area contributed by atoms with Crippen LogP contribution in [0, 0.1) is 17.7 Å². The Bertz CT molecular complexity index is 366. The molecule has 1 atom stereocenters. The van der Waals surface area contributed by atoms with E-state index < -0.39 is 0 Å². The van der Waals surface area contributed by atoms with Crippen molar-refractivity contribution < 1.29 is 9.13 Å². The molecule has 0 aromatic heterocycles. The number of hydrogen-bond acceptors (Lipinski definition) is 2. The van der Waals surface area contributed by atoms with E-state index in [0.29, 0.717) is 17.6 Å². The van der Waals surface area contributed by atoms with E-state index in [2.05, 4.69) is 26.1 Å². The van der Waals surface area contributed by atoms with Crippen LogP contribution in [0.4, 0.5) is 4.39 Å². The summed E-state index contributed by atoms with van der Waals surface area (Å²) in [7, 11) is 1.50. The molecule has 0 aliphatic carbocycles. The van der Waals surface area contributed by atoms with Gasteiger partial charge in [-0.3, -0.25) is 0 Å².